The van der Waals surface area contributed by atoms with Gasteiger partial charge < -0.3 is 9.26 Å². The summed E-state index contributed by atoms with van der Waals surface area (Å²) in [6.45, 7) is 3.88. The average molecular weight is 343 g/mol. The molecule has 0 radical (unpaired) electrons. The first-order valence-electron chi connectivity index (χ1n) is 7.56. The van der Waals surface area contributed by atoms with Gasteiger partial charge in [0.25, 0.3) is 0 Å². The van der Waals surface area contributed by atoms with E-state index in [1.165, 1.54) is 11.3 Å². The van der Waals surface area contributed by atoms with Gasteiger partial charge in [0.2, 0.25) is 0 Å². The van der Waals surface area contributed by atoms with Crippen LogP contribution in [0.5, 0.6) is 0 Å². The first-order chi connectivity index (χ1) is 11.6. The predicted molar refractivity (Wildman–Crippen MR) is 89.4 cm³/mol. The van der Waals surface area contributed by atoms with Gasteiger partial charge in [-0.05, 0) is 32.4 Å². The molecule has 6 nitrogen and oxygen atoms in total. The molecule has 0 aliphatic carbocycles. The van der Waals surface area contributed by atoms with Crippen molar-refractivity contribution >= 4 is 17.3 Å². The van der Waals surface area contributed by atoms with Crippen LogP contribution in [0.25, 0.3) is 10.7 Å². The van der Waals surface area contributed by atoms with Crippen LogP contribution in [-0.2, 0) is 22.6 Å². The third-order valence-electron chi connectivity index (χ3n) is 3.58. The van der Waals surface area contributed by atoms with Gasteiger partial charge in [0.1, 0.15) is 17.4 Å². The predicted octanol–water partition coefficient (Wildman–Crippen LogP) is 3.49. The van der Waals surface area contributed by atoms with Crippen molar-refractivity contribution in [1.82, 2.24) is 15.1 Å². The van der Waals surface area contributed by atoms with Gasteiger partial charge in [0, 0.05) is 23.6 Å². The van der Waals surface area contributed by atoms with Gasteiger partial charge in [-0.3, -0.25) is 9.78 Å². The van der Waals surface area contributed by atoms with Crippen molar-refractivity contribution in [1.29, 1.82) is 0 Å². The molecule has 0 aliphatic heterocycles. The zero-order chi connectivity index (χ0) is 16.9. The number of hydrogen-bond acceptors (Lipinski definition) is 7. The van der Waals surface area contributed by atoms with Crippen LogP contribution >= 0.6 is 11.3 Å². The number of ether oxygens (including phenoxy) is 1. The van der Waals surface area contributed by atoms with Crippen LogP contribution in [-0.4, -0.2) is 21.1 Å². The van der Waals surface area contributed by atoms with Crippen molar-refractivity contribution in [2.75, 3.05) is 0 Å². The summed E-state index contributed by atoms with van der Waals surface area (Å²) in [5.74, 6) is 0.488. The Balaban J connectivity index is 1.51. The van der Waals surface area contributed by atoms with Crippen LogP contribution in [0.15, 0.2) is 34.3 Å². The number of rotatable bonds is 6. The summed E-state index contributed by atoms with van der Waals surface area (Å²) in [5.41, 5.74) is 3.34. The molecule has 3 rings (SSSR count). The van der Waals surface area contributed by atoms with Gasteiger partial charge in [-0.25, -0.2) is 4.98 Å². The summed E-state index contributed by atoms with van der Waals surface area (Å²) in [6.07, 6.45) is 2.58. The van der Waals surface area contributed by atoms with Crippen molar-refractivity contribution in [3.05, 3.63) is 52.5 Å². The lowest BCUT2D eigenvalue weighted by molar-refractivity contribution is -0.145. The molecule has 124 valence electrons. The molecule has 0 aliphatic rings. The quantitative estimate of drug-likeness (QED) is 0.638. The van der Waals surface area contributed by atoms with E-state index in [1.807, 2.05) is 37.4 Å². The smallest absolute Gasteiger partial charge is 0.306 e. The number of carbonyl (C=O) groups excluding carboxylic acids is 1. The molecule has 24 heavy (non-hydrogen) atoms. The molecule has 0 saturated carbocycles. The number of pyridine rings is 1. The topological polar surface area (TPSA) is 78.1 Å². The molecular formula is C17H17N3O3S. The molecule has 0 atom stereocenters. The molecule has 3 aromatic rings. The Kier molecular flexibility index (Phi) is 5.00. The lowest BCUT2D eigenvalue weighted by atomic mass is 10.1. The SMILES string of the molecule is Cc1noc(C)c1CCC(=O)OCc1csc(-c2ccccn2)n1. The van der Waals surface area contributed by atoms with E-state index in [0.29, 0.717) is 12.8 Å². The number of hydrogen-bond donors (Lipinski definition) is 0. The lowest BCUT2D eigenvalue weighted by Crippen LogP contribution is -2.06. The molecule has 3 heterocycles. The van der Waals surface area contributed by atoms with Gasteiger partial charge in [-0.1, -0.05) is 11.2 Å². The van der Waals surface area contributed by atoms with Crippen LogP contribution in [0.1, 0.15) is 29.1 Å². The van der Waals surface area contributed by atoms with Gasteiger partial charge >= 0.3 is 5.97 Å². The molecule has 0 amide bonds. The normalized spacial score (nSPS) is 10.8. The van der Waals surface area contributed by atoms with Crippen molar-refractivity contribution in [2.24, 2.45) is 0 Å². The minimum absolute atomic E-state index is 0.170. The molecular weight excluding hydrogens is 326 g/mol. The highest BCUT2D eigenvalue weighted by atomic mass is 32.1. The lowest BCUT2D eigenvalue weighted by Gasteiger charge is -2.03. The number of aryl methyl sites for hydroxylation is 2. The van der Waals surface area contributed by atoms with Gasteiger partial charge in [-0.2, -0.15) is 0 Å². The summed E-state index contributed by atoms with van der Waals surface area (Å²) < 4.78 is 10.4. The van der Waals surface area contributed by atoms with Crippen LogP contribution in [0, 0.1) is 13.8 Å². The number of aromatic nitrogens is 3. The zero-order valence-corrected chi connectivity index (χ0v) is 14.3. The van der Waals surface area contributed by atoms with Crippen LogP contribution in [0.3, 0.4) is 0 Å². The second-order valence-electron chi connectivity index (χ2n) is 5.32. The Morgan fingerprint density at radius 3 is 2.92 bits per heavy atom. The summed E-state index contributed by atoms with van der Waals surface area (Å²) >= 11 is 1.48. The van der Waals surface area contributed by atoms with Gasteiger partial charge in [-0.15, -0.1) is 11.3 Å². The van der Waals surface area contributed by atoms with Crippen molar-refractivity contribution in [2.45, 2.75) is 33.3 Å². The fraction of sp³-hybridized carbons (Fsp3) is 0.294. The number of nitrogens with zero attached hydrogens (tertiary/aromatic N) is 3. The molecule has 0 saturated heterocycles. The van der Waals surface area contributed by atoms with Crippen molar-refractivity contribution < 1.29 is 14.1 Å². The molecule has 0 unspecified atom stereocenters. The average Bonchev–Trinajstić information content (AvgIpc) is 3.19. The van der Waals surface area contributed by atoms with E-state index in [9.17, 15) is 4.79 Å². The number of esters is 1. The molecule has 0 aromatic carbocycles. The minimum atomic E-state index is -0.262. The third-order valence-corrected chi connectivity index (χ3v) is 4.49. The van der Waals surface area contributed by atoms with Crippen molar-refractivity contribution in [3.63, 3.8) is 0 Å². The fourth-order valence-corrected chi connectivity index (χ4v) is 3.07. The molecule has 7 heteroatoms. The second-order valence-corrected chi connectivity index (χ2v) is 6.18. The Hall–Kier alpha value is -2.54. The van der Waals surface area contributed by atoms with Crippen LogP contribution < -0.4 is 0 Å². The van der Waals surface area contributed by atoms with Gasteiger partial charge in [0.15, 0.2) is 0 Å². The summed E-state index contributed by atoms with van der Waals surface area (Å²) in [5, 5.41) is 6.58. The molecule has 0 bridgehead atoms. The maximum absolute atomic E-state index is 11.9. The summed E-state index contributed by atoms with van der Waals surface area (Å²) in [4.78, 5) is 20.6. The molecule has 3 aromatic heterocycles. The highest BCUT2D eigenvalue weighted by Crippen LogP contribution is 2.22. The monoisotopic (exact) mass is 343 g/mol. The standard InChI is InChI=1S/C17H17N3O3S/c1-11-14(12(2)23-20-11)6-7-16(21)22-9-13-10-24-17(19-13)15-5-3-4-8-18-15/h3-5,8,10H,6-7,9H2,1-2H3. The minimum Gasteiger partial charge on any atom is -0.459 e. The molecule has 0 N–H and O–H groups in total. The van der Waals surface area contributed by atoms with E-state index < -0.39 is 0 Å². The maximum atomic E-state index is 11.9. The van der Waals surface area contributed by atoms with Gasteiger partial charge in [0.05, 0.1) is 17.1 Å². The largest absolute Gasteiger partial charge is 0.459 e. The third kappa shape index (κ3) is 3.86. The highest BCUT2D eigenvalue weighted by Gasteiger charge is 2.13. The Morgan fingerprint density at radius 1 is 1.33 bits per heavy atom. The zero-order valence-electron chi connectivity index (χ0n) is 13.5. The maximum Gasteiger partial charge on any atom is 0.306 e. The summed E-state index contributed by atoms with van der Waals surface area (Å²) in [6, 6.07) is 5.68. The van der Waals surface area contributed by atoms with Crippen LogP contribution in [0.4, 0.5) is 0 Å². The number of thiazole rings is 1. The van der Waals surface area contributed by atoms with Crippen molar-refractivity contribution in [3.8, 4) is 10.7 Å². The highest BCUT2D eigenvalue weighted by molar-refractivity contribution is 7.13. The first kappa shape index (κ1) is 16.3. The van der Waals surface area contributed by atoms with E-state index >= 15 is 0 Å². The fourth-order valence-electron chi connectivity index (χ4n) is 2.29. The number of carbonyl (C=O) groups is 1. The Bertz CT molecular complexity index is 807. The van der Waals surface area contributed by atoms with E-state index in [1.54, 1.807) is 6.20 Å². The van der Waals surface area contributed by atoms with Crippen LogP contribution in [0.2, 0.25) is 0 Å². The Labute approximate surface area is 143 Å². The summed E-state index contributed by atoms with van der Waals surface area (Å²) in [7, 11) is 0. The van der Waals surface area contributed by atoms with E-state index in [-0.39, 0.29) is 12.6 Å². The van der Waals surface area contributed by atoms with E-state index in [4.69, 9.17) is 9.26 Å². The molecule has 0 fully saturated rings. The second kappa shape index (κ2) is 7.35. The van der Waals surface area contributed by atoms with E-state index in [2.05, 4.69) is 15.1 Å². The molecule has 0 spiro atoms. The Morgan fingerprint density at radius 2 is 2.21 bits per heavy atom. The first-order valence-corrected chi connectivity index (χ1v) is 8.44. The van der Waals surface area contributed by atoms with E-state index in [0.717, 1.165) is 33.4 Å².